The van der Waals surface area contributed by atoms with Crippen molar-refractivity contribution < 1.29 is 27.3 Å². The lowest BCUT2D eigenvalue weighted by Crippen LogP contribution is -2.39. The molecule has 2 aromatic heterocycles. The molecule has 0 aliphatic carbocycles. The van der Waals surface area contributed by atoms with Crippen molar-refractivity contribution in [2.75, 3.05) is 0 Å². The number of benzene rings is 3. The maximum Gasteiger partial charge on any atom is 0.254 e. The molecule has 5 aromatic rings. The van der Waals surface area contributed by atoms with Gasteiger partial charge in [0.1, 0.15) is 5.82 Å². The van der Waals surface area contributed by atoms with Crippen molar-refractivity contribution in [3.63, 3.8) is 0 Å². The summed E-state index contributed by atoms with van der Waals surface area (Å²) in [5.74, 6) is -3.27. The Labute approximate surface area is 251 Å². The molecule has 2 amide bonds. The molecule has 3 N–H and O–H groups in total. The van der Waals surface area contributed by atoms with Crippen LogP contribution in [0.1, 0.15) is 69.7 Å². The van der Waals surface area contributed by atoms with E-state index in [9.17, 15) is 22.8 Å². The second-order valence-corrected chi connectivity index (χ2v) is 11.8. The number of nitrogens with one attached hydrogen (secondary N) is 1. The summed E-state index contributed by atoms with van der Waals surface area (Å²) in [7, 11) is 0. The highest BCUT2D eigenvalue weighted by Crippen LogP contribution is 2.42. The molecule has 224 valence electrons. The van der Waals surface area contributed by atoms with E-state index in [2.05, 4.69) is 10.5 Å². The second-order valence-electron chi connectivity index (χ2n) is 11.8. The quantitative estimate of drug-likeness (QED) is 0.215. The molecular weight excluding hydrogens is 569 g/mol. The van der Waals surface area contributed by atoms with Crippen LogP contribution in [-0.2, 0) is 24.8 Å². The van der Waals surface area contributed by atoms with Crippen LogP contribution in [0.4, 0.5) is 13.2 Å². The van der Waals surface area contributed by atoms with Crippen LogP contribution >= 0.6 is 0 Å². The zero-order chi connectivity index (χ0) is 31.3. The lowest BCUT2D eigenvalue weighted by Gasteiger charge is -2.26. The summed E-state index contributed by atoms with van der Waals surface area (Å²) < 4.78 is 46.5. The van der Waals surface area contributed by atoms with E-state index in [1.165, 1.54) is 18.2 Å². The Bertz CT molecular complexity index is 1950. The van der Waals surface area contributed by atoms with Crippen LogP contribution in [0, 0.1) is 23.4 Å². The number of fused-ring (bicyclic) bond motifs is 2. The Morgan fingerprint density at radius 2 is 1.68 bits per heavy atom. The zero-order valence-electron chi connectivity index (χ0n) is 24.3. The summed E-state index contributed by atoms with van der Waals surface area (Å²) in [4.78, 5) is 31.6. The van der Waals surface area contributed by atoms with Gasteiger partial charge in [0.2, 0.25) is 0 Å². The Hall–Kier alpha value is -4.99. The molecule has 0 fully saturated rings. The van der Waals surface area contributed by atoms with Gasteiger partial charge in [0.15, 0.2) is 17.2 Å². The van der Waals surface area contributed by atoms with Gasteiger partial charge in [-0.05, 0) is 72.4 Å². The molecule has 0 saturated heterocycles. The van der Waals surface area contributed by atoms with E-state index >= 15 is 0 Å². The van der Waals surface area contributed by atoms with Gasteiger partial charge < -0.3 is 15.6 Å². The SMILES string of the molecule is CC(C)Cc1nc2c(c(-c3ccc4c(Cc5ccc(F)c(F)c5)noc4c3)c1C(N)=O)C(=O)N[C@]2(C)Cc1ccc(F)cc1. The van der Waals surface area contributed by atoms with Crippen molar-refractivity contribution in [3.8, 4) is 11.1 Å². The van der Waals surface area contributed by atoms with Crippen molar-refractivity contribution in [1.82, 2.24) is 15.5 Å². The van der Waals surface area contributed by atoms with E-state index in [4.69, 9.17) is 15.2 Å². The molecular formula is C34H29F3N4O3. The predicted octanol–water partition coefficient (Wildman–Crippen LogP) is 6.40. The molecule has 0 saturated carbocycles. The fourth-order valence-corrected chi connectivity index (χ4v) is 5.97. The van der Waals surface area contributed by atoms with Gasteiger partial charge in [-0.15, -0.1) is 0 Å². The van der Waals surface area contributed by atoms with Crippen LogP contribution in [0.15, 0.2) is 65.2 Å². The summed E-state index contributed by atoms with van der Waals surface area (Å²) in [6.45, 7) is 5.84. The Morgan fingerprint density at radius 3 is 2.36 bits per heavy atom. The number of primary amides is 1. The van der Waals surface area contributed by atoms with Gasteiger partial charge in [0, 0.05) is 23.8 Å². The molecule has 3 aromatic carbocycles. The van der Waals surface area contributed by atoms with Crippen molar-refractivity contribution in [2.24, 2.45) is 11.7 Å². The summed E-state index contributed by atoms with van der Waals surface area (Å²) in [5, 5.41) is 7.84. The first-order valence-corrected chi connectivity index (χ1v) is 14.2. The average molecular weight is 599 g/mol. The molecule has 0 unspecified atom stereocenters. The number of aromatic nitrogens is 2. The number of pyridine rings is 1. The third-order valence-corrected chi connectivity index (χ3v) is 7.92. The number of carbonyl (C=O) groups excluding carboxylic acids is 2. The predicted molar refractivity (Wildman–Crippen MR) is 158 cm³/mol. The third-order valence-electron chi connectivity index (χ3n) is 7.92. The van der Waals surface area contributed by atoms with Crippen LogP contribution in [0.2, 0.25) is 0 Å². The number of nitrogens with zero attached hydrogens (tertiary/aromatic N) is 2. The van der Waals surface area contributed by atoms with E-state index in [-0.39, 0.29) is 29.3 Å². The normalized spacial score (nSPS) is 16.0. The van der Waals surface area contributed by atoms with Gasteiger partial charge in [-0.1, -0.05) is 43.3 Å². The first kappa shape index (κ1) is 29.1. The Kier molecular flexibility index (Phi) is 7.23. The molecule has 0 bridgehead atoms. The molecule has 0 spiro atoms. The fraction of sp³-hybridized carbons (Fsp3) is 0.235. The van der Waals surface area contributed by atoms with E-state index < -0.39 is 29.0 Å². The van der Waals surface area contributed by atoms with Crippen LogP contribution in [0.25, 0.3) is 22.1 Å². The monoisotopic (exact) mass is 598 g/mol. The highest BCUT2D eigenvalue weighted by Gasteiger charge is 2.44. The molecule has 3 heterocycles. The third kappa shape index (κ3) is 5.21. The van der Waals surface area contributed by atoms with Crippen molar-refractivity contribution in [3.05, 3.63) is 117 Å². The molecule has 10 heteroatoms. The second kappa shape index (κ2) is 10.9. The van der Waals surface area contributed by atoms with Gasteiger partial charge in [0.25, 0.3) is 11.8 Å². The number of nitrogens with two attached hydrogens (primary N) is 1. The lowest BCUT2D eigenvalue weighted by molar-refractivity contribution is 0.0935. The van der Waals surface area contributed by atoms with Gasteiger partial charge in [-0.2, -0.15) is 0 Å². The molecule has 1 aliphatic rings. The van der Waals surface area contributed by atoms with Gasteiger partial charge in [-0.25, -0.2) is 13.2 Å². The number of carbonyl (C=O) groups is 2. The van der Waals surface area contributed by atoms with Crippen LogP contribution in [0.3, 0.4) is 0 Å². The van der Waals surface area contributed by atoms with Gasteiger partial charge in [-0.3, -0.25) is 14.6 Å². The number of halogens is 3. The average Bonchev–Trinajstić information content (AvgIpc) is 3.47. The van der Waals surface area contributed by atoms with Crippen LogP contribution < -0.4 is 11.1 Å². The van der Waals surface area contributed by atoms with E-state index in [1.54, 1.807) is 30.3 Å². The molecule has 1 atom stereocenters. The Balaban J connectivity index is 1.50. The standard InChI is InChI=1S/C34H29F3N4O3/c1-17(2)12-26-29(32(38)42)28(30-31(39-26)34(3,40-33(30)43)16-18-4-8-21(35)9-5-18)20-7-10-22-25(41-44-27(22)15-20)14-19-6-11-23(36)24(37)13-19/h4-11,13,15,17H,12,14,16H2,1-3H3,(H2,38,42)(H,40,43)/t34-/m1/s1. The minimum atomic E-state index is -0.954. The first-order chi connectivity index (χ1) is 20.9. The maximum absolute atomic E-state index is 13.8. The molecule has 7 nitrogen and oxygen atoms in total. The van der Waals surface area contributed by atoms with Crippen molar-refractivity contribution in [2.45, 2.75) is 45.6 Å². The molecule has 6 rings (SSSR count). The number of rotatable bonds is 8. The number of amides is 2. The number of hydrogen-bond acceptors (Lipinski definition) is 5. The summed E-state index contributed by atoms with van der Waals surface area (Å²) in [6, 6.07) is 14.9. The smallest absolute Gasteiger partial charge is 0.254 e. The van der Waals surface area contributed by atoms with E-state index in [0.717, 1.165) is 17.7 Å². The van der Waals surface area contributed by atoms with Crippen molar-refractivity contribution in [1.29, 1.82) is 0 Å². The van der Waals surface area contributed by atoms with E-state index in [0.29, 0.717) is 57.6 Å². The van der Waals surface area contributed by atoms with E-state index in [1.807, 2.05) is 20.8 Å². The fourth-order valence-electron chi connectivity index (χ4n) is 5.97. The largest absolute Gasteiger partial charge is 0.366 e. The summed E-state index contributed by atoms with van der Waals surface area (Å²) in [5.41, 5.74) is 9.39. The summed E-state index contributed by atoms with van der Waals surface area (Å²) in [6.07, 6.45) is 0.968. The minimum absolute atomic E-state index is 0.121. The maximum atomic E-state index is 13.8. The minimum Gasteiger partial charge on any atom is -0.366 e. The van der Waals surface area contributed by atoms with Crippen LogP contribution in [-0.4, -0.2) is 22.0 Å². The zero-order valence-corrected chi connectivity index (χ0v) is 24.3. The first-order valence-electron chi connectivity index (χ1n) is 14.2. The topological polar surface area (TPSA) is 111 Å². The molecule has 0 radical (unpaired) electrons. The summed E-state index contributed by atoms with van der Waals surface area (Å²) >= 11 is 0. The Morgan fingerprint density at radius 1 is 0.955 bits per heavy atom. The van der Waals surface area contributed by atoms with Crippen LogP contribution in [0.5, 0.6) is 0 Å². The highest BCUT2D eigenvalue weighted by molar-refractivity contribution is 6.12. The number of hydrogen-bond donors (Lipinski definition) is 2. The molecule has 44 heavy (non-hydrogen) atoms. The van der Waals surface area contributed by atoms with Gasteiger partial charge in [0.05, 0.1) is 33.7 Å². The molecule has 1 aliphatic heterocycles. The lowest BCUT2D eigenvalue weighted by atomic mass is 9.84. The van der Waals surface area contributed by atoms with Crippen molar-refractivity contribution >= 4 is 22.8 Å². The van der Waals surface area contributed by atoms with Gasteiger partial charge >= 0.3 is 0 Å². The highest BCUT2D eigenvalue weighted by atomic mass is 19.2.